The van der Waals surface area contributed by atoms with Crippen molar-refractivity contribution in [3.8, 4) is 50.9 Å². The van der Waals surface area contributed by atoms with Crippen molar-refractivity contribution in [2.75, 3.05) is 28.4 Å². The Bertz CT molecular complexity index is 1350. The molecule has 0 aliphatic heterocycles. The molecule has 0 bridgehead atoms. The minimum Gasteiger partial charge on any atom is -0.497 e. The summed E-state index contributed by atoms with van der Waals surface area (Å²) in [7, 11) is 6.68. The van der Waals surface area contributed by atoms with Gasteiger partial charge in [-0.15, -0.1) is 11.3 Å². The molecule has 1 aliphatic carbocycles. The maximum atomic E-state index is 6.00. The van der Waals surface area contributed by atoms with Crippen LogP contribution in [0.15, 0.2) is 54.6 Å². The van der Waals surface area contributed by atoms with E-state index in [1.165, 1.54) is 17.0 Å². The van der Waals surface area contributed by atoms with Crippen LogP contribution in [0.25, 0.3) is 27.9 Å². The first kappa shape index (κ1) is 24.4. The van der Waals surface area contributed by atoms with E-state index < -0.39 is 0 Å². The Balaban J connectivity index is 1.86. The second-order valence-electron chi connectivity index (χ2n) is 8.68. The smallest absolute Gasteiger partial charge is 0.166 e. The normalized spacial score (nSPS) is 12.7. The maximum Gasteiger partial charge on any atom is 0.166 e. The Morgan fingerprint density at radius 2 is 1.17 bits per heavy atom. The number of methoxy groups -OCH3 is 4. The molecule has 0 saturated heterocycles. The maximum absolute atomic E-state index is 6.00. The fraction of sp³-hybridized carbons (Fsp3) is 0.276. The van der Waals surface area contributed by atoms with Crippen LogP contribution in [-0.4, -0.2) is 33.0 Å². The summed E-state index contributed by atoms with van der Waals surface area (Å²) in [5.74, 6) is 2.94. The van der Waals surface area contributed by atoms with E-state index in [4.69, 9.17) is 31.2 Å². The molecule has 0 saturated carbocycles. The third-order valence-electron chi connectivity index (χ3n) is 6.64. The van der Waals surface area contributed by atoms with Crippen molar-refractivity contribution in [3.05, 3.63) is 69.1 Å². The highest BCUT2D eigenvalue weighted by molar-refractivity contribution is 7.73. The molecule has 0 radical (unpaired) electrons. The molecule has 7 heteroatoms. The number of hydrogen-bond acceptors (Lipinski definition) is 6. The van der Waals surface area contributed by atoms with Crippen LogP contribution in [0, 0.1) is 3.95 Å². The van der Waals surface area contributed by atoms with E-state index in [1.54, 1.807) is 39.8 Å². The molecule has 186 valence electrons. The fourth-order valence-corrected chi connectivity index (χ4v) is 6.44. The molecule has 4 aromatic rings. The first-order chi connectivity index (χ1) is 17.6. The van der Waals surface area contributed by atoms with Crippen molar-refractivity contribution in [2.45, 2.75) is 25.7 Å². The number of rotatable bonds is 7. The summed E-state index contributed by atoms with van der Waals surface area (Å²) >= 11 is 7.73. The van der Waals surface area contributed by atoms with Crippen LogP contribution in [0.3, 0.4) is 0 Å². The van der Waals surface area contributed by atoms with Crippen LogP contribution in [-0.2, 0) is 12.8 Å². The molecule has 1 aliphatic rings. The third kappa shape index (κ3) is 4.49. The molecule has 0 fully saturated rings. The zero-order chi connectivity index (χ0) is 25.2. The minimum absolute atomic E-state index is 0.736. The quantitative estimate of drug-likeness (QED) is 0.236. The summed E-state index contributed by atoms with van der Waals surface area (Å²) in [6, 6.07) is 18.3. The molecule has 0 atom stereocenters. The van der Waals surface area contributed by atoms with Crippen LogP contribution in [0.4, 0.5) is 0 Å². The number of fused-ring (bicyclic) bond motifs is 1. The van der Waals surface area contributed by atoms with Gasteiger partial charge in [-0.05, 0) is 73.3 Å². The molecular formula is C29H29NO4S2. The Hall–Kier alpha value is -3.29. The zero-order valence-corrected chi connectivity index (χ0v) is 22.6. The van der Waals surface area contributed by atoms with Gasteiger partial charge >= 0.3 is 0 Å². The van der Waals surface area contributed by atoms with Crippen molar-refractivity contribution >= 4 is 23.6 Å². The molecule has 1 aromatic heterocycles. The number of nitrogens with zero attached hydrogens (tertiary/aromatic N) is 1. The van der Waals surface area contributed by atoms with Gasteiger partial charge in [-0.1, -0.05) is 18.2 Å². The van der Waals surface area contributed by atoms with Crippen molar-refractivity contribution in [1.29, 1.82) is 0 Å². The fourth-order valence-electron chi connectivity index (χ4n) is 4.87. The van der Waals surface area contributed by atoms with Gasteiger partial charge in [0.1, 0.15) is 23.0 Å². The van der Waals surface area contributed by atoms with Gasteiger partial charge in [0, 0.05) is 33.8 Å². The van der Waals surface area contributed by atoms with Gasteiger partial charge in [0.05, 0.1) is 34.1 Å². The second-order valence-corrected chi connectivity index (χ2v) is 10.4. The van der Waals surface area contributed by atoms with Gasteiger partial charge in [-0.2, -0.15) is 0 Å². The summed E-state index contributed by atoms with van der Waals surface area (Å²) in [4.78, 5) is 1.39. The molecule has 3 aromatic carbocycles. The molecule has 36 heavy (non-hydrogen) atoms. The van der Waals surface area contributed by atoms with Crippen LogP contribution in [0.5, 0.6) is 23.0 Å². The predicted octanol–water partition coefficient (Wildman–Crippen LogP) is 7.52. The standard InChI is InChI=1S/C29H29NO4S2/c1-31-20-12-18(13-21(16-20)32-2)24-8-7-9-25(19-14-22(33-3)17-23(15-19)34-4)28(24)30-26-10-5-6-11-27(26)36-29(30)35/h7-9,12-17H,5-6,10-11H2,1-4H3. The number of benzene rings is 3. The number of ether oxygens (including phenoxy) is 4. The van der Waals surface area contributed by atoms with Gasteiger partial charge in [0.2, 0.25) is 0 Å². The van der Waals surface area contributed by atoms with Gasteiger partial charge in [0.15, 0.2) is 3.95 Å². The first-order valence-corrected chi connectivity index (χ1v) is 13.1. The predicted molar refractivity (Wildman–Crippen MR) is 148 cm³/mol. The second kappa shape index (κ2) is 10.4. The number of aryl methyl sites for hydroxylation is 1. The summed E-state index contributed by atoms with van der Waals surface area (Å²) in [6.45, 7) is 0. The Kier molecular flexibility index (Phi) is 7.03. The zero-order valence-electron chi connectivity index (χ0n) is 20.9. The van der Waals surface area contributed by atoms with Crippen LogP contribution >= 0.6 is 23.6 Å². The van der Waals surface area contributed by atoms with Crippen molar-refractivity contribution in [3.63, 3.8) is 0 Å². The lowest BCUT2D eigenvalue weighted by Gasteiger charge is -2.22. The lowest BCUT2D eigenvalue weighted by atomic mass is 9.94. The number of thiazole rings is 1. The van der Waals surface area contributed by atoms with Crippen molar-refractivity contribution < 1.29 is 18.9 Å². The highest BCUT2D eigenvalue weighted by Gasteiger charge is 2.23. The van der Waals surface area contributed by atoms with E-state index >= 15 is 0 Å². The van der Waals surface area contributed by atoms with Crippen molar-refractivity contribution in [2.24, 2.45) is 0 Å². The third-order valence-corrected chi connectivity index (χ3v) is 8.11. The lowest BCUT2D eigenvalue weighted by Crippen LogP contribution is -2.09. The Morgan fingerprint density at radius 3 is 1.64 bits per heavy atom. The largest absolute Gasteiger partial charge is 0.497 e. The summed E-state index contributed by atoms with van der Waals surface area (Å²) in [5, 5.41) is 0. The molecule has 0 unspecified atom stereocenters. The average Bonchev–Trinajstić information content (AvgIpc) is 3.27. The highest BCUT2D eigenvalue weighted by atomic mass is 32.1. The monoisotopic (exact) mass is 519 g/mol. The SMILES string of the molecule is COc1cc(OC)cc(-c2cccc(-c3cc(OC)cc(OC)c3)c2-n2c3c(sc2=S)CCCC3)c1. The summed E-state index contributed by atoms with van der Waals surface area (Å²) < 4.78 is 25.6. The van der Waals surface area contributed by atoms with E-state index in [2.05, 4.69) is 22.8 Å². The molecule has 0 N–H and O–H groups in total. The molecule has 1 heterocycles. The minimum atomic E-state index is 0.736. The van der Waals surface area contributed by atoms with E-state index in [-0.39, 0.29) is 0 Å². The molecule has 0 amide bonds. The molecule has 5 nitrogen and oxygen atoms in total. The van der Waals surface area contributed by atoms with Crippen molar-refractivity contribution in [1.82, 2.24) is 4.57 Å². The Labute approximate surface area is 220 Å². The molecule has 0 spiro atoms. The number of hydrogen-bond donors (Lipinski definition) is 0. The summed E-state index contributed by atoms with van der Waals surface area (Å²) in [6.07, 6.45) is 4.46. The number of aromatic nitrogens is 1. The Morgan fingerprint density at radius 1 is 0.694 bits per heavy atom. The average molecular weight is 520 g/mol. The van der Waals surface area contributed by atoms with Crippen LogP contribution in [0.1, 0.15) is 23.4 Å². The number of para-hydroxylation sites is 1. The van der Waals surface area contributed by atoms with Crippen LogP contribution < -0.4 is 18.9 Å². The van der Waals surface area contributed by atoms with Gasteiger partial charge in [-0.3, -0.25) is 4.57 Å². The summed E-state index contributed by atoms with van der Waals surface area (Å²) in [5.41, 5.74) is 6.45. The van der Waals surface area contributed by atoms with E-state index in [9.17, 15) is 0 Å². The molecule has 5 rings (SSSR count). The van der Waals surface area contributed by atoms with Gasteiger partial charge in [0.25, 0.3) is 0 Å². The lowest BCUT2D eigenvalue weighted by molar-refractivity contribution is 0.394. The highest BCUT2D eigenvalue weighted by Crippen LogP contribution is 2.43. The van der Waals surface area contributed by atoms with Gasteiger partial charge < -0.3 is 18.9 Å². The first-order valence-electron chi connectivity index (χ1n) is 11.9. The van der Waals surface area contributed by atoms with E-state index in [0.29, 0.717) is 0 Å². The molecular weight excluding hydrogens is 490 g/mol. The topological polar surface area (TPSA) is 41.9 Å². The van der Waals surface area contributed by atoms with E-state index in [1.807, 2.05) is 36.4 Å². The van der Waals surface area contributed by atoms with Gasteiger partial charge in [-0.25, -0.2) is 0 Å². The van der Waals surface area contributed by atoms with Crippen LogP contribution in [0.2, 0.25) is 0 Å². The van der Waals surface area contributed by atoms with E-state index in [0.717, 1.165) is 74.2 Å².